The highest BCUT2D eigenvalue weighted by Crippen LogP contribution is 2.19. The topological polar surface area (TPSA) is 59.1 Å². The maximum absolute atomic E-state index is 9.80. The van der Waals surface area contributed by atoms with E-state index in [1.807, 2.05) is 25.1 Å². The van der Waals surface area contributed by atoms with Crippen LogP contribution in [-0.2, 0) is 0 Å². The maximum atomic E-state index is 9.80. The molecule has 3 unspecified atom stereocenters. The zero-order valence-corrected chi connectivity index (χ0v) is 9.43. The van der Waals surface area contributed by atoms with E-state index in [2.05, 4.69) is 11.9 Å². The molecule has 84 valence electrons. The van der Waals surface area contributed by atoms with Crippen LogP contribution in [0.1, 0.15) is 38.3 Å². The van der Waals surface area contributed by atoms with Crippen LogP contribution >= 0.6 is 0 Å². The molecule has 0 fully saturated rings. The number of nitrogens with zero attached hydrogens (tertiary/aromatic N) is 1. The summed E-state index contributed by atoms with van der Waals surface area (Å²) in [5.74, 6) is 0.249. The van der Waals surface area contributed by atoms with Crippen LogP contribution < -0.4 is 5.73 Å². The van der Waals surface area contributed by atoms with E-state index in [0.717, 1.165) is 12.1 Å². The molecule has 0 aliphatic carbocycles. The minimum Gasteiger partial charge on any atom is -0.391 e. The van der Waals surface area contributed by atoms with Gasteiger partial charge in [-0.15, -0.1) is 0 Å². The summed E-state index contributed by atoms with van der Waals surface area (Å²) in [5, 5.41) is 9.80. The molecule has 0 bridgehead atoms. The molecular weight excluding hydrogens is 188 g/mol. The van der Waals surface area contributed by atoms with Gasteiger partial charge >= 0.3 is 0 Å². The van der Waals surface area contributed by atoms with Gasteiger partial charge in [0, 0.05) is 23.9 Å². The first kappa shape index (κ1) is 12.1. The molecule has 0 aliphatic heterocycles. The van der Waals surface area contributed by atoms with Crippen molar-refractivity contribution < 1.29 is 5.11 Å². The standard InChI is InChI=1S/C12H20N2O/c1-3-10(13)12(15)8-9(2)11-6-4-5-7-14-11/h4-7,9-10,12,15H,3,8,13H2,1-2H3. The van der Waals surface area contributed by atoms with Crippen LogP contribution in [0.15, 0.2) is 24.4 Å². The lowest BCUT2D eigenvalue weighted by Gasteiger charge is -2.20. The first-order chi connectivity index (χ1) is 7.15. The zero-order valence-electron chi connectivity index (χ0n) is 9.43. The van der Waals surface area contributed by atoms with Gasteiger partial charge < -0.3 is 10.8 Å². The molecule has 0 saturated heterocycles. The van der Waals surface area contributed by atoms with Crippen molar-refractivity contribution in [2.24, 2.45) is 5.73 Å². The van der Waals surface area contributed by atoms with Crippen LogP contribution in [0.25, 0.3) is 0 Å². The van der Waals surface area contributed by atoms with Gasteiger partial charge in [-0.25, -0.2) is 0 Å². The van der Waals surface area contributed by atoms with Crippen molar-refractivity contribution in [3.63, 3.8) is 0 Å². The highest BCUT2D eigenvalue weighted by Gasteiger charge is 2.17. The van der Waals surface area contributed by atoms with Crippen molar-refractivity contribution in [2.45, 2.75) is 44.8 Å². The molecule has 0 saturated carbocycles. The second-order valence-corrected chi connectivity index (χ2v) is 4.03. The molecule has 3 atom stereocenters. The highest BCUT2D eigenvalue weighted by atomic mass is 16.3. The van der Waals surface area contributed by atoms with E-state index < -0.39 is 6.10 Å². The molecule has 15 heavy (non-hydrogen) atoms. The third-order valence-electron chi connectivity index (χ3n) is 2.75. The molecule has 0 radical (unpaired) electrons. The molecule has 0 amide bonds. The Morgan fingerprint density at radius 1 is 1.47 bits per heavy atom. The van der Waals surface area contributed by atoms with Gasteiger partial charge in [0.2, 0.25) is 0 Å². The van der Waals surface area contributed by atoms with Crippen LogP contribution in [0.3, 0.4) is 0 Å². The smallest absolute Gasteiger partial charge is 0.0697 e. The monoisotopic (exact) mass is 208 g/mol. The fraction of sp³-hybridized carbons (Fsp3) is 0.583. The molecule has 3 nitrogen and oxygen atoms in total. The summed E-state index contributed by atoms with van der Waals surface area (Å²) in [5.41, 5.74) is 6.79. The average molecular weight is 208 g/mol. The minimum absolute atomic E-state index is 0.129. The number of hydrogen-bond donors (Lipinski definition) is 2. The summed E-state index contributed by atoms with van der Waals surface area (Å²) >= 11 is 0. The number of aromatic nitrogens is 1. The summed E-state index contributed by atoms with van der Waals surface area (Å²) in [6.45, 7) is 4.05. The molecular formula is C12H20N2O. The molecule has 0 aromatic carbocycles. The molecule has 3 heteroatoms. The second kappa shape index (κ2) is 5.83. The van der Waals surface area contributed by atoms with E-state index in [0.29, 0.717) is 6.42 Å². The van der Waals surface area contributed by atoms with Crippen LogP contribution in [0, 0.1) is 0 Å². The molecule has 1 aromatic rings. The molecule has 0 spiro atoms. The first-order valence-electron chi connectivity index (χ1n) is 5.49. The van der Waals surface area contributed by atoms with Gasteiger partial charge in [0.15, 0.2) is 0 Å². The number of hydrogen-bond acceptors (Lipinski definition) is 3. The van der Waals surface area contributed by atoms with Crippen molar-refractivity contribution >= 4 is 0 Å². The third kappa shape index (κ3) is 3.61. The summed E-state index contributed by atoms with van der Waals surface area (Å²) in [7, 11) is 0. The Bertz CT molecular complexity index is 276. The van der Waals surface area contributed by atoms with Crippen molar-refractivity contribution in [1.29, 1.82) is 0 Å². The Labute approximate surface area is 91.3 Å². The van der Waals surface area contributed by atoms with E-state index in [1.54, 1.807) is 6.20 Å². The van der Waals surface area contributed by atoms with Crippen molar-refractivity contribution in [2.75, 3.05) is 0 Å². The minimum atomic E-state index is -0.438. The SMILES string of the molecule is CCC(N)C(O)CC(C)c1ccccn1. The summed E-state index contributed by atoms with van der Waals surface area (Å²) in [6, 6.07) is 5.71. The van der Waals surface area contributed by atoms with Gasteiger partial charge in [-0.1, -0.05) is 19.9 Å². The van der Waals surface area contributed by atoms with Gasteiger partial charge in [0.05, 0.1) is 6.10 Å². The highest BCUT2D eigenvalue weighted by molar-refractivity contribution is 5.08. The first-order valence-corrected chi connectivity index (χ1v) is 5.49. The Kier molecular flexibility index (Phi) is 4.72. The molecule has 1 heterocycles. The fourth-order valence-electron chi connectivity index (χ4n) is 1.60. The van der Waals surface area contributed by atoms with Gasteiger partial charge in [-0.2, -0.15) is 0 Å². The lowest BCUT2D eigenvalue weighted by atomic mass is 9.95. The van der Waals surface area contributed by atoms with Gasteiger partial charge in [-0.05, 0) is 25.0 Å². The second-order valence-electron chi connectivity index (χ2n) is 4.03. The van der Waals surface area contributed by atoms with Crippen molar-refractivity contribution in [1.82, 2.24) is 4.98 Å². The Morgan fingerprint density at radius 3 is 2.73 bits per heavy atom. The Hall–Kier alpha value is -0.930. The Morgan fingerprint density at radius 2 is 2.20 bits per heavy atom. The van der Waals surface area contributed by atoms with E-state index in [1.165, 1.54) is 0 Å². The quantitative estimate of drug-likeness (QED) is 0.774. The predicted molar refractivity (Wildman–Crippen MR) is 61.5 cm³/mol. The molecule has 1 aromatic heterocycles. The lowest BCUT2D eigenvalue weighted by Crippen LogP contribution is -2.34. The van der Waals surface area contributed by atoms with Gasteiger partial charge in [0.25, 0.3) is 0 Å². The number of aliphatic hydroxyl groups is 1. The van der Waals surface area contributed by atoms with E-state index in [9.17, 15) is 5.11 Å². The molecule has 1 rings (SSSR count). The number of nitrogens with two attached hydrogens (primary N) is 1. The fourth-order valence-corrected chi connectivity index (χ4v) is 1.60. The van der Waals surface area contributed by atoms with Crippen LogP contribution in [-0.4, -0.2) is 22.2 Å². The summed E-state index contributed by atoms with van der Waals surface area (Å²) in [6.07, 6.45) is 2.81. The van der Waals surface area contributed by atoms with E-state index >= 15 is 0 Å². The van der Waals surface area contributed by atoms with Crippen molar-refractivity contribution in [3.8, 4) is 0 Å². The van der Waals surface area contributed by atoms with Crippen molar-refractivity contribution in [3.05, 3.63) is 30.1 Å². The van der Waals surface area contributed by atoms with E-state index in [-0.39, 0.29) is 12.0 Å². The summed E-state index contributed by atoms with van der Waals surface area (Å²) < 4.78 is 0. The normalized spacial score (nSPS) is 17.1. The lowest BCUT2D eigenvalue weighted by molar-refractivity contribution is 0.126. The predicted octanol–water partition coefficient (Wildman–Crippen LogP) is 1.67. The third-order valence-corrected chi connectivity index (χ3v) is 2.75. The maximum Gasteiger partial charge on any atom is 0.0697 e. The molecule has 0 aliphatic rings. The van der Waals surface area contributed by atoms with E-state index in [4.69, 9.17) is 5.73 Å². The number of pyridine rings is 1. The van der Waals surface area contributed by atoms with Crippen LogP contribution in [0.5, 0.6) is 0 Å². The van der Waals surface area contributed by atoms with Crippen LogP contribution in [0.2, 0.25) is 0 Å². The molecule has 3 N–H and O–H groups in total. The number of aliphatic hydroxyl groups excluding tert-OH is 1. The summed E-state index contributed by atoms with van der Waals surface area (Å²) in [4.78, 5) is 4.26. The zero-order chi connectivity index (χ0) is 11.3. The van der Waals surface area contributed by atoms with Crippen LogP contribution in [0.4, 0.5) is 0 Å². The average Bonchev–Trinajstić information content (AvgIpc) is 2.29. The van der Waals surface area contributed by atoms with Gasteiger partial charge in [0.1, 0.15) is 0 Å². The number of rotatable bonds is 5. The Balaban J connectivity index is 2.52. The van der Waals surface area contributed by atoms with Gasteiger partial charge in [-0.3, -0.25) is 4.98 Å². The largest absolute Gasteiger partial charge is 0.391 e.